The summed E-state index contributed by atoms with van der Waals surface area (Å²) in [5.74, 6) is 0. The van der Waals surface area contributed by atoms with Crippen LogP contribution in [0.3, 0.4) is 0 Å². The number of carbonyl (C=O) groups is 2. The standard InChI is InChI=1S/C11H9NO2/c1-12-5-9(7-14)10-4-8(6-13)2-3-11(10)12/h2-7H,1H3. The van der Waals surface area contributed by atoms with Crippen molar-refractivity contribution < 1.29 is 9.59 Å². The molecule has 1 aromatic heterocycles. The van der Waals surface area contributed by atoms with E-state index in [4.69, 9.17) is 0 Å². The first-order valence-electron chi connectivity index (χ1n) is 4.25. The number of carbonyl (C=O) groups excluding carboxylic acids is 2. The molecule has 0 N–H and O–H groups in total. The van der Waals surface area contributed by atoms with Gasteiger partial charge in [-0.2, -0.15) is 0 Å². The van der Waals surface area contributed by atoms with E-state index in [1.165, 1.54) is 0 Å². The first-order chi connectivity index (χ1) is 6.76. The molecule has 14 heavy (non-hydrogen) atoms. The lowest BCUT2D eigenvalue weighted by molar-refractivity contribution is 0.111. The van der Waals surface area contributed by atoms with E-state index in [2.05, 4.69) is 0 Å². The molecule has 0 radical (unpaired) electrons. The Morgan fingerprint density at radius 3 is 2.64 bits per heavy atom. The number of aromatic nitrogens is 1. The molecular formula is C11H9NO2. The normalized spacial score (nSPS) is 10.4. The summed E-state index contributed by atoms with van der Waals surface area (Å²) < 4.78 is 1.87. The average molecular weight is 187 g/mol. The lowest BCUT2D eigenvalue weighted by atomic mass is 10.1. The SMILES string of the molecule is Cn1cc(C=O)c2cc(C=O)ccc21. The third-order valence-corrected chi connectivity index (χ3v) is 2.31. The summed E-state index contributed by atoms with van der Waals surface area (Å²) in [6, 6.07) is 5.31. The molecule has 0 aliphatic heterocycles. The number of fused-ring (bicyclic) bond motifs is 1. The second-order valence-corrected chi connectivity index (χ2v) is 3.21. The lowest BCUT2D eigenvalue weighted by Crippen LogP contribution is -1.84. The monoisotopic (exact) mass is 187 g/mol. The fourth-order valence-electron chi connectivity index (χ4n) is 1.61. The predicted molar refractivity (Wildman–Crippen MR) is 53.7 cm³/mol. The van der Waals surface area contributed by atoms with Gasteiger partial charge < -0.3 is 4.57 Å². The average Bonchev–Trinajstić information content (AvgIpc) is 2.55. The van der Waals surface area contributed by atoms with E-state index in [1.54, 1.807) is 18.3 Å². The molecule has 0 atom stereocenters. The molecular weight excluding hydrogens is 178 g/mol. The number of hydrogen-bond donors (Lipinski definition) is 0. The highest BCUT2D eigenvalue weighted by Crippen LogP contribution is 2.20. The summed E-state index contributed by atoms with van der Waals surface area (Å²) in [5, 5.41) is 0.826. The summed E-state index contributed by atoms with van der Waals surface area (Å²) >= 11 is 0. The number of rotatable bonds is 2. The summed E-state index contributed by atoms with van der Waals surface area (Å²) in [4.78, 5) is 21.3. The molecule has 1 heterocycles. The highest BCUT2D eigenvalue weighted by atomic mass is 16.1. The van der Waals surface area contributed by atoms with Crippen LogP contribution in [0.1, 0.15) is 20.7 Å². The Morgan fingerprint density at radius 2 is 2.00 bits per heavy atom. The Kier molecular flexibility index (Phi) is 1.93. The number of aryl methyl sites for hydroxylation is 1. The van der Waals surface area contributed by atoms with Gasteiger partial charge >= 0.3 is 0 Å². The van der Waals surface area contributed by atoms with Crippen molar-refractivity contribution in [1.29, 1.82) is 0 Å². The van der Waals surface area contributed by atoms with Crippen molar-refractivity contribution in [1.82, 2.24) is 4.57 Å². The van der Waals surface area contributed by atoms with E-state index in [1.807, 2.05) is 17.7 Å². The van der Waals surface area contributed by atoms with Crippen molar-refractivity contribution in [3.05, 3.63) is 35.5 Å². The van der Waals surface area contributed by atoms with Gasteiger partial charge in [-0.25, -0.2) is 0 Å². The van der Waals surface area contributed by atoms with Crippen molar-refractivity contribution in [2.45, 2.75) is 0 Å². The Hall–Kier alpha value is -1.90. The third-order valence-electron chi connectivity index (χ3n) is 2.31. The van der Waals surface area contributed by atoms with E-state index < -0.39 is 0 Å². The van der Waals surface area contributed by atoms with Crippen LogP contribution in [-0.2, 0) is 7.05 Å². The maximum Gasteiger partial charge on any atom is 0.152 e. The van der Waals surface area contributed by atoms with Gasteiger partial charge in [-0.1, -0.05) is 0 Å². The fraction of sp³-hybridized carbons (Fsp3) is 0.0909. The van der Waals surface area contributed by atoms with Gasteiger partial charge in [0.05, 0.1) is 0 Å². The summed E-state index contributed by atoms with van der Waals surface area (Å²) in [6.07, 6.45) is 3.34. The highest BCUT2D eigenvalue weighted by molar-refractivity contribution is 5.99. The van der Waals surface area contributed by atoms with Gasteiger partial charge in [-0.3, -0.25) is 9.59 Å². The van der Waals surface area contributed by atoms with Crippen LogP contribution < -0.4 is 0 Å². The lowest BCUT2D eigenvalue weighted by Gasteiger charge is -1.95. The maximum absolute atomic E-state index is 10.7. The molecule has 0 fully saturated rings. The minimum atomic E-state index is 0.590. The molecule has 2 aromatic rings. The van der Waals surface area contributed by atoms with E-state index in [9.17, 15) is 9.59 Å². The predicted octanol–water partition coefficient (Wildman–Crippen LogP) is 1.80. The molecule has 1 aromatic carbocycles. The molecule has 0 bridgehead atoms. The summed E-state index contributed by atoms with van der Waals surface area (Å²) in [5.41, 5.74) is 2.16. The zero-order valence-corrected chi connectivity index (χ0v) is 7.73. The van der Waals surface area contributed by atoms with Gasteiger partial charge in [-0.15, -0.1) is 0 Å². The van der Waals surface area contributed by atoms with Crippen LogP contribution in [0.15, 0.2) is 24.4 Å². The van der Waals surface area contributed by atoms with Crippen molar-refractivity contribution in [3.63, 3.8) is 0 Å². The van der Waals surface area contributed by atoms with Gasteiger partial charge in [0.15, 0.2) is 6.29 Å². The largest absolute Gasteiger partial charge is 0.350 e. The van der Waals surface area contributed by atoms with Gasteiger partial charge in [0.1, 0.15) is 6.29 Å². The zero-order chi connectivity index (χ0) is 10.1. The quantitative estimate of drug-likeness (QED) is 0.672. The number of hydrogen-bond acceptors (Lipinski definition) is 2. The van der Waals surface area contributed by atoms with E-state index in [0.717, 1.165) is 23.5 Å². The Balaban J connectivity index is 2.84. The molecule has 0 saturated carbocycles. The van der Waals surface area contributed by atoms with Crippen LogP contribution >= 0.6 is 0 Å². The van der Waals surface area contributed by atoms with Crippen molar-refractivity contribution >= 4 is 23.5 Å². The molecule has 0 saturated heterocycles. The molecule has 3 nitrogen and oxygen atoms in total. The van der Waals surface area contributed by atoms with Crippen LogP contribution in [0, 0.1) is 0 Å². The molecule has 2 rings (SSSR count). The molecule has 70 valence electrons. The third kappa shape index (κ3) is 1.14. The maximum atomic E-state index is 10.7. The fourth-order valence-corrected chi connectivity index (χ4v) is 1.61. The van der Waals surface area contributed by atoms with Crippen LogP contribution in [0.4, 0.5) is 0 Å². The van der Waals surface area contributed by atoms with E-state index in [0.29, 0.717) is 11.1 Å². The van der Waals surface area contributed by atoms with Gasteiger partial charge in [0, 0.05) is 35.3 Å². The second kappa shape index (κ2) is 3.10. The van der Waals surface area contributed by atoms with Gasteiger partial charge in [-0.05, 0) is 18.2 Å². The molecule has 0 aliphatic rings. The summed E-state index contributed by atoms with van der Waals surface area (Å²) in [7, 11) is 1.87. The number of nitrogens with zero attached hydrogens (tertiary/aromatic N) is 1. The van der Waals surface area contributed by atoms with Crippen LogP contribution in [0.2, 0.25) is 0 Å². The Labute approximate surface area is 81.0 Å². The van der Waals surface area contributed by atoms with Crippen molar-refractivity contribution in [2.24, 2.45) is 7.05 Å². The first-order valence-corrected chi connectivity index (χ1v) is 4.25. The van der Waals surface area contributed by atoms with Crippen LogP contribution in [0.25, 0.3) is 10.9 Å². The van der Waals surface area contributed by atoms with Crippen LogP contribution in [-0.4, -0.2) is 17.1 Å². The smallest absolute Gasteiger partial charge is 0.152 e. The summed E-state index contributed by atoms with van der Waals surface area (Å²) in [6.45, 7) is 0. The van der Waals surface area contributed by atoms with Crippen molar-refractivity contribution in [3.8, 4) is 0 Å². The minimum absolute atomic E-state index is 0.590. The highest BCUT2D eigenvalue weighted by Gasteiger charge is 2.05. The Bertz CT molecular complexity index is 511. The molecule has 0 unspecified atom stereocenters. The number of benzene rings is 1. The molecule has 0 amide bonds. The Morgan fingerprint density at radius 1 is 1.21 bits per heavy atom. The van der Waals surface area contributed by atoms with Gasteiger partial charge in [0.2, 0.25) is 0 Å². The van der Waals surface area contributed by atoms with Crippen LogP contribution in [0.5, 0.6) is 0 Å². The number of aldehydes is 2. The molecule has 0 spiro atoms. The van der Waals surface area contributed by atoms with E-state index in [-0.39, 0.29) is 0 Å². The van der Waals surface area contributed by atoms with Crippen molar-refractivity contribution in [2.75, 3.05) is 0 Å². The minimum Gasteiger partial charge on any atom is -0.350 e. The molecule has 3 heteroatoms. The van der Waals surface area contributed by atoms with E-state index >= 15 is 0 Å². The molecule has 0 aliphatic carbocycles. The second-order valence-electron chi connectivity index (χ2n) is 3.21. The van der Waals surface area contributed by atoms with Gasteiger partial charge in [0.25, 0.3) is 0 Å². The topological polar surface area (TPSA) is 39.1 Å². The zero-order valence-electron chi connectivity index (χ0n) is 7.73. The first kappa shape index (κ1) is 8.69.